The first-order valence-corrected chi connectivity index (χ1v) is 13.2. The number of hydrogen-bond donors (Lipinski definition) is 3. The third kappa shape index (κ3) is 7.07. The van der Waals surface area contributed by atoms with Crippen molar-refractivity contribution in [2.24, 2.45) is 17.3 Å². The van der Waals surface area contributed by atoms with Crippen molar-refractivity contribution in [2.75, 3.05) is 18.9 Å². The average molecular weight is 523 g/mol. The highest BCUT2D eigenvalue weighted by Gasteiger charge is 2.50. The molecular formula is C29H40N5O4+. The Kier molecular flexibility index (Phi) is 9.45. The van der Waals surface area contributed by atoms with E-state index in [1.54, 1.807) is 38.2 Å². The fourth-order valence-electron chi connectivity index (χ4n) is 5.24. The van der Waals surface area contributed by atoms with Crippen LogP contribution in [0.3, 0.4) is 0 Å². The molecule has 1 saturated heterocycles. The van der Waals surface area contributed by atoms with E-state index in [0.717, 1.165) is 24.8 Å². The second kappa shape index (κ2) is 12.4. The molecule has 1 heterocycles. The minimum atomic E-state index is -0.668. The molecule has 2 aliphatic rings. The molecule has 5 atom stereocenters. The summed E-state index contributed by atoms with van der Waals surface area (Å²) in [5.74, 6) is -0.777. The Morgan fingerprint density at radius 2 is 1.95 bits per heavy atom. The second-order valence-corrected chi connectivity index (χ2v) is 11.3. The molecule has 0 aromatic heterocycles. The number of nitrogens with one attached hydrogen (secondary N) is 3. The zero-order valence-corrected chi connectivity index (χ0v) is 23.0. The molecule has 0 bridgehead atoms. The lowest BCUT2D eigenvalue weighted by Crippen LogP contribution is -2.58. The van der Waals surface area contributed by atoms with E-state index in [1.807, 2.05) is 25.7 Å². The molecule has 9 nitrogen and oxygen atoms in total. The van der Waals surface area contributed by atoms with E-state index in [4.69, 9.17) is 0 Å². The minimum Gasteiger partial charge on any atom is -0.342 e. The van der Waals surface area contributed by atoms with Crippen LogP contribution in [0, 0.1) is 23.3 Å². The summed E-state index contributed by atoms with van der Waals surface area (Å²) >= 11 is 0. The first kappa shape index (κ1) is 29.1. The summed E-state index contributed by atoms with van der Waals surface area (Å²) in [6.45, 7) is 11.7. The molecule has 1 saturated carbocycles. The monoisotopic (exact) mass is 522 g/mol. The van der Waals surface area contributed by atoms with Gasteiger partial charge in [0.2, 0.25) is 17.7 Å². The first-order chi connectivity index (χ1) is 17.9. The highest BCUT2D eigenvalue weighted by atomic mass is 16.2. The van der Waals surface area contributed by atoms with Gasteiger partial charge in [0.05, 0.1) is 12.1 Å². The van der Waals surface area contributed by atoms with E-state index in [-0.39, 0.29) is 42.0 Å². The lowest BCUT2D eigenvalue weighted by molar-refractivity contribution is -0.141. The Morgan fingerprint density at radius 3 is 2.61 bits per heavy atom. The molecule has 1 aromatic carbocycles. The molecule has 3 rings (SSSR count). The van der Waals surface area contributed by atoms with Crippen LogP contribution in [0.1, 0.15) is 52.5 Å². The zero-order chi connectivity index (χ0) is 28.0. The lowest BCUT2D eigenvalue weighted by atomic mass is 9.85. The van der Waals surface area contributed by atoms with Crippen LogP contribution in [0.4, 0.5) is 5.69 Å². The van der Waals surface area contributed by atoms with Crippen LogP contribution < -0.4 is 16.0 Å². The predicted molar refractivity (Wildman–Crippen MR) is 147 cm³/mol. The van der Waals surface area contributed by atoms with E-state index >= 15 is 0 Å². The van der Waals surface area contributed by atoms with Crippen LogP contribution in [0.15, 0.2) is 36.9 Å². The average Bonchev–Trinajstić information content (AvgIpc) is 3.47. The number of likely N-dealkylation sites (N-methyl/N-ethyl adjacent to an activating group) is 1. The normalized spacial score (nSPS) is 21.9. The summed E-state index contributed by atoms with van der Waals surface area (Å²) in [5, 5.41) is 8.55. The van der Waals surface area contributed by atoms with Gasteiger partial charge in [-0.3, -0.25) is 14.4 Å². The molecule has 4 amide bonds. The van der Waals surface area contributed by atoms with Crippen molar-refractivity contribution in [3.05, 3.63) is 47.3 Å². The van der Waals surface area contributed by atoms with Crippen molar-refractivity contribution in [1.82, 2.24) is 15.5 Å². The molecule has 38 heavy (non-hydrogen) atoms. The summed E-state index contributed by atoms with van der Waals surface area (Å²) in [7, 11) is 1.71. The van der Waals surface area contributed by atoms with Gasteiger partial charge in [0, 0.05) is 17.1 Å². The van der Waals surface area contributed by atoms with Crippen molar-refractivity contribution in [3.63, 3.8) is 0 Å². The number of amides is 4. The maximum absolute atomic E-state index is 13.8. The number of benzene rings is 1. The van der Waals surface area contributed by atoms with Gasteiger partial charge in [-0.05, 0) is 68.3 Å². The number of rotatable bonds is 8. The molecule has 0 radical (unpaired) electrons. The summed E-state index contributed by atoms with van der Waals surface area (Å²) in [6.07, 6.45) is 3.91. The van der Waals surface area contributed by atoms with Crippen LogP contribution in [0.5, 0.6) is 0 Å². The number of fused-ring (bicyclic) bond motifs is 1. The van der Waals surface area contributed by atoms with Crippen molar-refractivity contribution in [2.45, 2.75) is 71.5 Å². The maximum Gasteiger partial charge on any atom is 0.519 e. The summed E-state index contributed by atoms with van der Waals surface area (Å²) in [5.41, 5.74) is 0.834. The van der Waals surface area contributed by atoms with Crippen LogP contribution in [0.25, 0.3) is 4.85 Å². The van der Waals surface area contributed by atoms with Gasteiger partial charge in [-0.1, -0.05) is 39.5 Å². The third-order valence-electron chi connectivity index (χ3n) is 7.44. The fraction of sp³-hybridized carbons (Fsp3) is 0.552. The van der Waals surface area contributed by atoms with E-state index in [1.165, 1.54) is 6.08 Å². The highest BCUT2D eigenvalue weighted by Crippen LogP contribution is 2.42. The molecule has 3 N–H and O–H groups in total. The van der Waals surface area contributed by atoms with E-state index < -0.39 is 17.5 Å². The molecular weight excluding hydrogens is 482 g/mol. The zero-order valence-electron chi connectivity index (χ0n) is 23.0. The number of hydrogen-bond acceptors (Lipinski definition) is 5. The number of anilines is 1. The molecule has 1 aliphatic carbocycles. The Morgan fingerprint density at radius 1 is 1.21 bits per heavy atom. The van der Waals surface area contributed by atoms with Crippen LogP contribution in [-0.4, -0.2) is 60.2 Å². The lowest BCUT2D eigenvalue weighted by Gasteiger charge is -2.36. The SMILES string of the molecule is C=CC(=O)Nc1cccc(CC(=O)[N+]#CC2CC[C@@H]3CCN(C(=O)[C@@H](NC(=O)[C@H](C)NC)C(C)(C)C)[C@H]23)c1. The fourth-order valence-corrected chi connectivity index (χ4v) is 5.24. The van der Waals surface area contributed by atoms with Crippen molar-refractivity contribution in [1.29, 1.82) is 0 Å². The van der Waals surface area contributed by atoms with Crippen molar-refractivity contribution >= 4 is 29.3 Å². The van der Waals surface area contributed by atoms with Gasteiger partial charge in [0.15, 0.2) is 0 Å². The van der Waals surface area contributed by atoms with Gasteiger partial charge < -0.3 is 20.9 Å². The summed E-state index contributed by atoms with van der Waals surface area (Å²) in [4.78, 5) is 56.6. The Bertz CT molecular complexity index is 1150. The third-order valence-corrected chi connectivity index (χ3v) is 7.44. The Labute approximate surface area is 225 Å². The highest BCUT2D eigenvalue weighted by molar-refractivity contribution is 5.99. The molecule has 1 aliphatic heterocycles. The minimum absolute atomic E-state index is 0.0794. The standard InChI is InChI=1S/C29H39N5O4/c1-7-23(35)32-22-10-8-9-19(15-22)16-24(36)31-17-21-12-11-20-13-14-34(25(20)21)28(38)26(29(3,4)5)33-27(37)18(2)30-6/h7-10,15,18,20-21,25-26,30H,1,11-14,16H2,2-6H3,(H-,32,33,35,37)/p+1/t18-,20+,21?,25-,26+/m0/s1. The van der Waals surface area contributed by atoms with Gasteiger partial charge in [0.25, 0.3) is 6.07 Å². The molecule has 204 valence electrons. The van der Waals surface area contributed by atoms with Gasteiger partial charge in [0.1, 0.15) is 18.4 Å². The second-order valence-electron chi connectivity index (χ2n) is 11.3. The molecule has 0 spiro atoms. The van der Waals surface area contributed by atoms with Crippen LogP contribution in [-0.2, 0) is 25.6 Å². The van der Waals surface area contributed by atoms with Gasteiger partial charge in [-0.2, -0.15) is 0 Å². The van der Waals surface area contributed by atoms with E-state index in [0.29, 0.717) is 18.2 Å². The maximum atomic E-state index is 13.8. The Balaban J connectivity index is 1.71. The Hall–Kier alpha value is -3.51. The van der Waals surface area contributed by atoms with Gasteiger partial charge in [-0.25, -0.2) is 4.79 Å². The molecule has 1 aromatic rings. The van der Waals surface area contributed by atoms with E-state index in [2.05, 4.69) is 33.4 Å². The van der Waals surface area contributed by atoms with Gasteiger partial charge >= 0.3 is 5.91 Å². The molecule has 9 heteroatoms. The predicted octanol–water partition coefficient (Wildman–Crippen LogP) is 2.98. The van der Waals surface area contributed by atoms with Gasteiger partial charge in [-0.15, -0.1) is 0 Å². The number of carbonyl (C=O) groups is 4. The summed E-state index contributed by atoms with van der Waals surface area (Å²) < 4.78 is 0. The van der Waals surface area contributed by atoms with E-state index in [9.17, 15) is 19.2 Å². The van der Waals surface area contributed by atoms with Crippen LogP contribution >= 0.6 is 0 Å². The number of likely N-dealkylation sites (tertiary alicyclic amines) is 1. The van der Waals surface area contributed by atoms with Crippen LogP contribution in [0.2, 0.25) is 0 Å². The summed E-state index contributed by atoms with van der Waals surface area (Å²) in [6, 6.07) is 8.93. The largest absolute Gasteiger partial charge is 0.519 e. The molecule has 2 fully saturated rings. The van der Waals surface area contributed by atoms with Crippen molar-refractivity contribution in [3.8, 4) is 6.07 Å². The first-order valence-electron chi connectivity index (χ1n) is 13.2. The number of carbonyl (C=O) groups excluding carboxylic acids is 4. The smallest absolute Gasteiger partial charge is 0.342 e. The quantitative estimate of drug-likeness (QED) is 0.455. The molecule has 1 unspecified atom stereocenters. The topological polar surface area (TPSA) is 112 Å². The number of nitrogens with zero attached hydrogens (tertiary/aromatic N) is 2. The van der Waals surface area contributed by atoms with Crippen molar-refractivity contribution < 1.29 is 19.2 Å².